The van der Waals surface area contributed by atoms with E-state index in [0.29, 0.717) is 11.3 Å². The summed E-state index contributed by atoms with van der Waals surface area (Å²) in [6, 6.07) is 5.47. The molecule has 0 unspecified atom stereocenters. The number of hydrogen-bond donors (Lipinski definition) is 2. The lowest BCUT2D eigenvalue weighted by molar-refractivity contribution is 0.305. The smallest absolute Gasteiger partial charge is 0.487 e. The molecule has 0 aliphatic carbocycles. The summed E-state index contributed by atoms with van der Waals surface area (Å²) in [4.78, 5) is 3.82. The second kappa shape index (κ2) is 6.01. The second-order valence-corrected chi connectivity index (χ2v) is 4.26. The van der Waals surface area contributed by atoms with Crippen LogP contribution in [0, 0.1) is 5.82 Å². The van der Waals surface area contributed by atoms with E-state index in [-0.39, 0.29) is 17.1 Å². The molecule has 0 saturated heterocycles. The van der Waals surface area contributed by atoms with Gasteiger partial charge in [0.1, 0.15) is 18.2 Å². The zero-order valence-corrected chi connectivity index (χ0v) is 10.5. The Morgan fingerprint density at radius 1 is 1.26 bits per heavy atom. The summed E-state index contributed by atoms with van der Waals surface area (Å²) in [5, 5.41) is 18.3. The summed E-state index contributed by atoms with van der Waals surface area (Å²) in [5.41, 5.74) is 0.848. The van der Waals surface area contributed by atoms with Gasteiger partial charge in [0, 0.05) is 17.2 Å². The SMILES string of the molecule is OB(O)c1cncc(OCc2ccc(F)cc2Cl)c1. The minimum atomic E-state index is -1.61. The van der Waals surface area contributed by atoms with Crippen LogP contribution in [-0.2, 0) is 6.61 Å². The highest BCUT2D eigenvalue weighted by atomic mass is 35.5. The van der Waals surface area contributed by atoms with Gasteiger partial charge in [-0.05, 0) is 18.2 Å². The number of nitrogens with zero attached hydrogens (tertiary/aromatic N) is 1. The molecule has 1 heterocycles. The van der Waals surface area contributed by atoms with E-state index in [1.54, 1.807) is 0 Å². The highest BCUT2D eigenvalue weighted by molar-refractivity contribution is 6.58. The topological polar surface area (TPSA) is 62.6 Å². The van der Waals surface area contributed by atoms with Gasteiger partial charge in [0.25, 0.3) is 0 Å². The summed E-state index contributed by atoms with van der Waals surface area (Å²) >= 11 is 5.86. The van der Waals surface area contributed by atoms with E-state index in [2.05, 4.69) is 4.98 Å². The minimum absolute atomic E-state index is 0.131. The Bertz CT molecular complexity index is 583. The van der Waals surface area contributed by atoms with Gasteiger partial charge in [0.05, 0.1) is 11.2 Å². The predicted octanol–water partition coefficient (Wildman–Crippen LogP) is 1.13. The van der Waals surface area contributed by atoms with Crippen molar-refractivity contribution in [1.82, 2.24) is 4.98 Å². The third kappa shape index (κ3) is 3.67. The van der Waals surface area contributed by atoms with Gasteiger partial charge in [0.15, 0.2) is 0 Å². The monoisotopic (exact) mass is 281 g/mol. The fraction of sp³-hybridized carbons (Fsp3) is 0.0833. The lowest BCUT2D eigenvalue weighted by Gasteiger charge is -2.08. The van der Waals surface area contributed by atoms with E-state index in [4.69, 9.17) is 26.4 Å². The highest BCUT2D eigenvalue weighted by Gasteiger charge is 2.12. The van der Waals surface area contributed by atoms with Crippen LogP contribution in [0.1, 0.15) is 5.56 Å². The molecule has 1 aromatic heterocycles. The molecular formula is C12H10BClFNO3. The molecule has 7 heteroatoms. The average molecular weight is 281 g/mol. The van der Waals surface area contributed by atoms with E-state index in [1.807, 2.05) is 0 Å². The molecule has 0 spiro atoms. The summed E-state index contributed by atoms with van der Waals surface area (Å²) in [6.45, 7) is 0.131. The molecule has 19 heavy (non-hydrogen) atoms. The number of benzene rings is 1. The van der Waals surface area contributed by atoms with Crippen molar-refractivity contribution < 1.29 is 19.2 Å². The van der Waals surface area contributed by atoms with Crippen molar-refractivity contribution in [3.63, 3.8) is 0 Å². The van der Waals surface area contributed by atoms with Crippen molar-refractivity contribution >= 4 is 24.2 Å². The second-order valence-electron chi connectivity index (χ2n) is 3.85. The first-order valence-electron chi connectivity index (χ1n) is 5.44. The average Bonchev–Trinajstić information content (AvgIpc) is 2.38. The molecule has 0 aliphatic heterocycles. The molecule has 0 aliphatic rings. The maximum absolute atomic E-state index is 12.9. The molecule has 1 aromatic carbocycles. The van der Waals surface area contributed by atoms with E-state index in [9.17, 15) is 4.39 Å². The summed E-state index contributed by atoms with van der Waals surface area (Å²) in [6.07, 6.45) is 2.76. The lowest BCUT2D eigenvalue weighted by atomic mass is 9.82. The Hall–Kier alpha value is -1.63. The molecular weight excluding hydrogens is 271 g/mol. The number of pyridine rings is 1. The third-order valence-electron chi connectivity index (χ3n) is 2.44. The first-order chi connectivity index (χ1) is 9.06. The number of aromatic nitrogens is 1. The molecule has 2 rings (SSSR count). The largest absolute Gasteiger partial charge is 0.490 e. The zero-order valence-electron chi connectivity index (χ0n) is 9.75. The minimum Gasteiger partial charge on any atom is -0.487 e. The Balaban J connectivity index is 2.08. The Kier molecular flexibility index (Phi) is 4.37. The van der Waals surface area contributed by atoms with Crippen LogP contribution in [-0.4, -0.2) is 22.2 Å². The van der Waals surface area contributed by atoms with Gasteiger partial charge in [-0.25, -0.2) is 4.39 Å². The van der Waals surface area contributed by atoms with Crippen molar-refractivity contribution in [1.29, 1.82) is 0 Å². The zero-order chi connectivity index (χ0) is 13.8. The molecule has 0 fully saturated rings. The molecule has 2 aromatic rings. The van der Waals surface area contributed by atoms with Crippen molar-refractivity contribution in [2.45, 2.75) is 6.61 Å². The summed E-state index contributed by atoms with van der Waals surface area (Å²) in [5.74, 6) is -0.0493. The van der Waals surface area contributed by atoms with Crippen LogP contribution in [0.15, 0.2) is 36.7 Å². The van der Waals surface area contributed by atoms with Gasteiger partial charge >= 0.3 is 7.12 Å². The van der Waals surface area contributed by atoms with Gasteiger partial charge in [0.2, 0.25) is 0 Å². The van der Waals surface area contributed by atoms with Gasteiger partial charge < -0.3 is 14.8 Å². The maximum atomic E-state index is 12.9. The van der Waals surface area contributed by atoms with Gasteiger partial charge in [-0.2, -0.15) is 0 Å². The molecule has 0 amide bonds. The summed E-state index contributed by atoms with van der Waals surface area (Å²) < 4.78 is 18.3. The Morgan fingerprint density at radius 2 is 2.05 bits per heavy atom. The van der Waals surface area contributed by atoms with Crippen LogP contribution in [0.25, 0.3) is 0 Å². The van der Waals surface area contributed by atoms with Crippen molar-refractivity contribution in [3.8, 4) is 5.75 Å². The number of ether oxygens (including phenoxy) is 1. The van der Waals surface area contributed by atoms with E-state index >= 15 is 0 Å². The third-order valence-corrected chi connectivity index (χ3v) is 2.79. The van der Waals surface area contributed by atoms with Gasteiger partial charge in [-0.15, -0.1) is 0 Å². The van der Waals surface area contributed by atoms with Crippen LogP contribution >= 0.6 is 11.6 Å². The first-order valence-corrected chi connectivity index (χ1v) is 5.82. The molecule has 0 radical (unpaired) electrons. The van der Waals surface area contributed by atoms with Crippen LogP contribution < -0.4 is 10.2 Å². The van der Waals surface area contributed by atoms with Crippen LogP contribution in [0.3, 0.4) is 0 Å². The lowest BCUT2D eigenvalue weighted by Crippen LogP contribution is -2.30. The van der Waals surface area contributed by atoms with Gasteiger partial charge in [-0.3, -0.25) is 4.98 Å². The fourth-order valence-corrected chi connectivity index (χ4v) is 1.68. The number of hydrogen-bond acceptors (Lipinski definition) is 4. The Labute approximate surface area is 114 Å². The first kappa shape index (κ1) is 13.8. The maximum Gasteiger partial charge on any atom is 0.490 e. The molecule has 0 saturated carbocycles. The van der Waals surface area contributed by atoms with Crippen molar-refractivity contribution in [3.05, 3.63) is 53.1 Å². The van der Waals surface area contributed by atoms with Gasteiger partial charge in [-0.1, -0.05) is 17.7 Å². The van der Waals surface area contributed by atoms with E-state index < -0.39 is 12.9 Å². The van der Waals surface area contributed by atoms with Crippen molar-refractivity contribution in [2.24, 2.45) is 0 Å². The normalized spacial score (nSPS) is 10.3. The predicted molar refractivity (Wildman–Crippen MR) is 69.8 cm³/mol. The Morgan fingerprint density at radius 3 is 2.74 bits per heavy atom. The summed E-state index contributed by atoms with van der Waals surface area (Å²) in [7, 11) is -1.61. The molecule has 0 bridgehead atoms. The fourth-order valence-electron chi connectivity index (χ4n) is 1.46. The highest BCUT2D eigenvalue weighted by Crippen LogP contribution is 2.19. The molecule has 98 valence electrons. The van der Waals surface area contributed by atoms with Crippen LogP contribution in [0.4, 0.5) is 4.39 Å². The van der Waals surface area contributed by atoms with E-state index in [0.717, 1.165) is 0 Å². The molecule has 2 N–H and O–H groups in total. The van der Waals surface area contributed by atoms with Crippen molar-refractivity contribution in [2.75, 3.05) is 0 Å². The van der Waals surface area contributed by atoms with Crippen LogP contribution in [0.2, 0.25) is 5.02 Å². The number of halogens is 2. The quantitative estimate of drug-likeness (QED) is 0.825. The standard InChI is InChI=1S/C12H10BClFNO3/c14-12-4-10(15)2-1-8(12)7-19-11-3-9(13(17)18)5-16-6-11/h1-6,17-18H,7H2. The molecule has 0 atom stereocenters. The van der Waals surface area contributed by atoms with Crippen LogP contribution in [0.5, 0.6) is 5.75 Å². The van der Waals surface area contributed by atoms with E-state index in [1.165, 1.54) is 36.7 Å². The molecule has 4 nitrogen and oxygen atoms in total. The number of rotatable bonds is 4.